The zero-order valence-electron chi connectivity index (χ0n) is 9.79. The van der Waals surface area contributed by atoms with Crippen LogP contribution in [0.5, 0.6) is 0 Å². The zero-order valence-corrected chi connectivity index (χ0v) is 9.79. The maximum absolute atomic E-state index is 13.6. The van der Waals surface area contributed by atoms with Gasteiger partial charge in [-0.15, -0.1) is 0 Å². The minimum absolute atomic E-state index is 0.276. The van der Waals surface area contributed by atoms with Gasteiger partial charge < -0.3 is 10.6 Å². The van der Waals surface area contributed by atoms with E-state index in [1.165, 1.54) is 6.07 Å². The number of halogens is 1. The summed E-state index contributed by atoms with van der Waals surface area (Å²) in [6.45, 7) is 1.85. The molecule has 0 fully saturated rings. The fraction of sp³-hybridized carbons (Fsp3) is 0.154. The van der Waals surface area contributed by atoms with E-state index in [1.54, 1.807) is 19.2 Å². The summed E-state index contributed by atoms with van der Waals surface area (Å²) in [7, 11) is 1.79. The average Bonchev–Trinajstić information content (AvgIpc) is 2.33. The van der Waals surface area contributed by atoms with Crippen LogP contribution in [0.1, 0.15) is 5.56 Å². The van der Waals surface area contributed by atoms with Crippen LogP contribution in [0, 0.1) is 12.7 Å². The van der Waals surface area contributed by atoms with Gasteiger partial charge in [-0.25, -0.2) is 9.37 Å². The molecular formula is C13H14FN3. The van der Waals surface area contributed by atoms with Gasteiger partial charge in [0.1, 0.15) is 17.5 Å². The molecule has 2 aromatic rings. The van der Waals surface area contributed by atoms with Crippen molar-refractivity contribution in [3.05, 3.63) is 47.8 Å². The number of hydrogen-bond donors (Lipinski definition) is 2. The largest absolute Gasteiger partial charge is 0.373 e. The number of anilines is 3. The number of nitrogens with zero attached hydrogens (tertiary/aromatic N) is 1. The van der Waals surface area contributed by atoms with E-state index in [0.29, 0.717) is 11.5 Å². The van der Waals surface area contributed by atoms with Crippen molar-refractivity contribution in [1.82, 2.24) is 4.98 Å². The molecule has 2 N–H and O–H groups in total. The van der Waals surface area contributed by atoms with E-state index in [-0.39, 0.29) is 5.82 Å². The van der Waals surface area contributed by atoms with Crippen LogP contribution in [0.25, 0.3) is 0 Å². The Morgan fingerprint density at radius 3 is 2.59 bits per heavy atom. The standard InChI is InChI=1S/C13H14FN3/c1-9-6-7-11(10(14)8-9)16-13-5-3-4-12(15-2)17-13/h3-8H,1-2H3,(H2,15,16,17). The molecule has 0 aliphatic carbocycles. The molecule has 2 rings (SSSR count). The lowest BCUT2D eigenvalue weighted by Gasteiger charge is -2.08. The number of pyridine rings is 1. The van der Waals surface area contributed by atoms with Gasteiger partial charge in [0.2, 0.25) is 0 Å². The average molecular weight is 231 g/mol. The molecule has 0 bridgehead atoms. The quantitative estimate of drug-likeness (QED) is 0.850. The molecule has 0 unspecified atom stereocenters. The first-order valence-corrected chi connectivity index (χ1v) is 5.37. The summed E-state index contributed by atoms with van der Waals surface area (Å²) in [4.78, 5) is 4.26. The summed E-state index contributed by atoms with van der Waals surface area (Å²) in [5, 5.41) is 5.88. The van der Waals surface area contributed by atoms with Gasteiger partial charge >= 0.3 is 0 Å². The van der Waals surface area contributed by atoms with Crippen molar-refractivity contribution in [2.45, 2.75) is 6.92 Å². The number of benzene rings is 1. The van der Waals surface area contributed by atoms with Crippen LogP contribution in [0.2, 0.25) is 0 Å². The summed E-state index contributed by atoms with van der Waals surface area (Å²) in [5.74, 6) is 1.07. The smallest absolute Gasteiger partial charge is 0.146 e. The van der Waals surface area contributed by atoms with E-state index in [0.717, 1.165) is 11.4 Å². The highest BCUT2D eigenvalue weighted by Crippen LogP contribution is 2.20. The molecule has 0 radical (unpaired) electrons. The molecule has 1 aromatic heterocycles. The molecule has 0 aliphatic heterocycles. The van der Waals surface area contributed by atoms with E-state index < -0.39 is 0 Å². The Labute approximate surface area is 99.7 Å². The lowest BCUT2D eigenvalue weighted by Crippen LogP contribution is -1.99. The van der Waals surface area contributed by atoms with Crippen molar-refractivity contribution in [2.75, 3.05) is 17.7 Å². The fourth-order valence-electron chi connectivity index (χ4n) is 1.50. The van der Waals surface area contributed by atoms with Crippen molar-refractivity contribution in [2.24, 2.45) is 0 Å². The Hall–Kier alpha value is -2.10. The Kier molecular flexibility index (Phi) is 3.23. The summed E-state index contributed by atoms with van der Waals surface area (Å²) in [5.41, 5.74) is 1.32. The second kappa shape index (κ2) is 4.82. The van der Waals surface area contributed by atoms with Crippen molar-refractivity contribution in [3.63, 3.8) is 0 Å². The highest BCUT2D eigenvalue weighted by Gasteiger charge is 2.03. The van der Waals surface area contributed by atoms with Crippen LogP contribution in [-0.4, -0.2) is 12.0 Å². The third kappa shape index (κ3) is 2.72. The van der Waals surface area contributed by atoms with Gasteiger partial charge in [0, 0.05) is 7.05 Å². The number of hydrogen-bond acceptors (Lipinski definition) is 3. The highest BCUT2D eigenvalue weighted by atomic mass is 19.1. The summed E-state index contributed by atoms with van der Waals surface area (Å²) in [6, 6.07) is 10.5. The number of aromatic nitrogens is 1. The Morgan fingerprint density at radius 1 is 1.12 bits per heavy atom. The van der Waals surface area contributed by atoms with E-state index in [4.69, 9.17) is 0 Å². The van der Waals surface area contributed by atoms with Crippen LogP contribution < -0.4 is 10.6 Å². The maximum Gasteiger partial charge on any atom is 0.146 e. The molecule has 0 saturated heterocycles. The monoisotopic (exact) mass is 231 g/mol. The predicted molar refractivity (Wildman–Crippen MR) is 68.2 cm³/mol. The van der Waals surface area contributed by atoms with Gasteiger partial charge in [0.25, 0.3) is 0 Å². The van der Waals surface area contributed by atoms with Crippen molar-refractivity contribution < 1.29 is 4.39 Å². The normalized spacial score (nSPS) is 10.1. The molecule has 1 heterocycles. The van der Waals surface area contributed by atoms with Crippen molar-refractivity contribution in [1.29, 1.82) is 0 Å². The topological polar surface area (TPSA) is 37.0 Å². The predicted octanol–water partition coefficient (Wildman–Crippen LogP) is 3.31. The van der Waals surface area contributed by atoms with E-state index in [2.05, 4.69) is 15.6 Å². The molecule has 0 atom stereocenters. The van der Waals surface area contributed by atoms with Crippen LogP contribution in [0.4, 0.5) is 21.7 Å². The second-order valence-electron chi connectivity index (χ2n) is 3.77. The van der Waals surface area contributed by atoms with E-state index in [9.17, 15) is 4.39 Å². The summed E-state index contributed by atoms with van der Waals surface area (Å²) in [6.07, 6.45) is 0. The number of rotatable bonds is 3. The lowest BCUT2D eigenvalue weighted by molar-refractivity contribution is 0.630. The van der Waals surface area contributed by atoms with Gasteiger partial charge in [-0.1, -0.05) is 12.1 Å². The minimum atomic E-state index is -0.276. The molecule has 0 spiro atoms. The second-order valence-corrected chi connectivity index (χ2v) is 3.77. The first-order chi connectivity index (χ1) is 8.19. The molecule has 88 valence electrons. The third-order valence-electron chi connectivity index (χ3n) is 2.39. The SMILES string of the molecule is CNc1cccc(Nc2ccc(C)cc2F)n1. The van der Waals surface area contributed by atoms with Gasteiger partial charge in [-0.2, -0.15) is 0 Å². The van der Waals surface area contributed by atoms with Crippen LogP contribution in [0.15, 0.2) is 36.4 Å². The fourth-order valence-corrected chi connectivity index (χ4v) is 1.50. The Balaban J connectivity index is 2.25. The molecule has 0 aliphatic rings. The minimum Gasteiger partial charge on any atom is -0.373 e. The molecule has 17 heavy (non-hydrogen) atoms. The van der Waals surface area contributed by atoms with Gasteiger partial charge in [0.05, 0.1) is 5.69 Å². The van der Waals surface area contributed by atoms with Crippen LogP contribution in [-0.2, 0) is 0 Å². The molecule has 0 amide bonds. The molecule has 4 heteroatoms. The summed E-state index contributed by atoms with van der Waals surface area (Å²) < 4.78 is 13.6. The van der Waals surface area contributed by atoms with Crippen LogP contribution >= 0.6 is 0 Å². The van der Waals surface area contributed by atoms with Crippen molar-refractivity contribution >= 4 is 17.3 Å². The molecular weight excluding hydrogens is 217 g/mol. The van der Waals surface area contributed by atoms with Crippen LogP contribution in [0.3, 0.4) is 0 Å². The molecule has 0 saturated carbocycles. The van der Waals surface area contributed by atoms with Crippen molar-refractivity contribution in [3.8, 4) is 0 Å². The lowest BCUT2D eigenvalue weighted by atomic mass is 10.2. The van der Waals surface area contributed by atoms with Gasteiger partial charge in [-0.05, 0) is 36.8 Å². The van der Waals surface area contributed by atoms with E-state index >= 15 is 0 Å². The summed E-state index contributed by atoms with van der Waals surface area (Å²) >= 11 is 0. The van der Waals surface area contributed by atoms with Gasteiger partial charge in [-0.3, -0.25) is 0 Å². The van der Waals surface area contributed by atoms with E-state index in [1.807, 2.05) is 25.1 Å². The number of aryl methyl sites for hydroxylation is 1. The third-order valence-corrected chi connectivity index (χ3v) is 2.39. The Bertz CT molecular complexity index is 526. The first-order valence-electron chi connectivity index (χ1n) is 5.37. The molecule has 3 nitrogen and oxygen atoms in total. The highest BCUT2D eigenvalue weighted by molar-refractivity contribution is 5.59. The number of nitrogens with one attached hydrogen (secondary N) is 2. The molecule has 1 aromatic carbocycles. The zero-order chi connectivity index (χ0) is 12.3. The Morgan fingerprint density at radius 2 is 1.88 bits per heavy atom. The maximum atomic E-state index is 13.6. The first kappa shape index (κ1) is 11.4. The van der Waals surface area contributed by atoms with Gasteiger partial charge in [0.15, 0.2) is 0 Å².